The quantitative estimate of drug-likeness (QED) is 0.660. The minimum Gasteiger partial charge on any atom is -0.493 e. The Balaban J connectivity index is 1.52. The molecule has 2 aromatic carbocycles. The lowest BCUT2D eigenvalue weighted by Gasteiger charge is -2.18. The second-order valence-corrected chi connectivity index (χ2v) is 6.80. The summed E-state index contributed by atoms with van der Waals surface area (Å²) in [4.78, 5) is 4.77. The van der Waals surface area contributed by atoms with Crippen molar-refractivity contribution in [3.05, 3.63) is 48.3 Å². The molecule has 1 aliphatic rings. The lowest BCUT2D eigenvalue weighted by Crippen LogP contribution is -2.24. The molecular formula is C21H24N2O4. The molecule has 1 aromatic heterocycles. The highest BCUT2D eigenvalue weighted by atomic mass is 16.5. The molecule has 1 atom stereocenters. The van der Waals surface area contributed by atoms with Crippen LogP contribution in [-0.2, 0) is 6.54 Å². The first kappa shape index (κ1) is 17.7. The van der Waals surface area contributed by atoms with Crippen molar-refractivity contribution < 1.29 is 19.3 Å². The molecule has 1 N–H and O–H groups in total. The van der Waals surface area contributed by atoms with Crippen LogP contribution in [0.4, 0.5) is 0 Å². The van der Waals surface area contributed by atoms with Crippen LogP contribution in [0.25, 0.3) is 11.0 Å². The van der Waals surface area contributed by atoms with E-state index in [2.05, 4.69) is 4.57 Å². The van der Waals surface area contributed by atoms with Crippen molar-refractivity contribution in [3.8, 4) is 17.2 Å². The summed E-state index contributed by atoms with van der Waals surface area (Å²) < 4.78 is 18.7. The van der Waals surface area contributed by atoms with Crippen LogP contribution >= 0.6 is 0 Å². The van der Waals surface area contributed by atoms with Gasteiger partial charge in [-0.3, -0.25) is 0 Å². The third-order valence-electron chi connectivity index (χ3n) is 4.82. The van der Waals surface area contributed by atoms with Gasteiger partial charge < -0.3 is 23.9 Å². The summed E-state index contributed by atoms with van der Waals surface area (Å²) in [5.74, 6) is 3.21. The van der Waals surface area contributed by atoms with Gasteiger partial charge in [0.1, 0.15) is 18.5 Å². The molecule has 27 heavy (non-hydrogen) atoms. The highest BCUT2D eigenvalue weighted by Gasteiger charge is 2.30. The number of benzene rings is 2. The third-order valence-corrected chi connectivity index (χ3v) is 4.82. The van der Waals surface area contributed by atoms with E-state index in [4.69, 9.17) is 19.2 Å². The number of hydrogen-bond donors (Lipinski definition) is 1. The molecule has 6 heteroatoms. The van der Waals surface area contributed by atoms with Gasteiger partial charge in [-0.1, -0.05) is 18.2 Å². The van der Waals surface area contributed by atoms with Crippen molar-refractivity contribution >= 4 is 11.0 Å². The molecule has 1 fully saturated rings. The number of imidazole rings is 1. The first-order valence-electron chi connectivity index (χ1n) is 9.18. The van der Waals surface area contributed by atoms with E-state index in [1.807, 2.05) is 30.3 Å². The van der Waals surface area contributed by atoms with Gasteiger partial charge in [-0.15, -0.1) is 0 Å². The Morgan fingerprint density at radius 3 is 2.44 bits per heavy atom. The highest BCUT2D eigenvalue weighted by molar-refractivity contribution is 5.76. The highest BCUT2D eigenvalue weighted by Crippen LogP contribution is 2.41. The Morgan fingerprint density at radius 2 is 1.78 bits per heavy atom. The second kappa shape index (κ2) is 7.48. The molecule has 1 aliphatic carbocycles. The maximum Gasteiger partial charge on any atom is 0.203 e. The zero-order chi connectivity index (χ0) is 18.8. The Kier molecular flexibility index (Phi) is 4.90. The molecule has 0 bridgehead atoms. The van der Waals surface area contributed by atoms with E-state index in [0.717, 1.165) is 29.7 Å². The molecule has 3 aromatic rings. The number of rotatable bonds is 8. The molecule has 1 heterocycles. The van der Waals surface area contributed by atoms with Crippen molar-refractivity contribution in [2.75, 3.05) is 20.8 Å². The lowest BCUT2D eigenvalue weighted by molar-refractivity contribution is 0.0896. The van der Waals surface area contributed by atoms with Crippen LogP contribution in [0.3, 0.4) is 0 Å². The minimum absolute atomic E-state index is 0.132. The predicted octanol–water partition coefficient (Wildman–Crippen LogP) is 3.37. The third kappa shape index (κ3) is 3.57. The van der Waals surface area contributed by atoms with Crippen molar-refractivity contribution in [3.63, 3.8) is 0 Å². The molecule has 0 spiro atoms. The first-order valence-corrected chi connectivity index (χ1v) is 9.18. The lowest BCUT2D eigenvalue weighted by atomic mass is 10.2. The van der Waals surface area contributed by atoms with Gasteiger partial charge in [-0.25, -0.2) is 4.98 Å². The van der Waals surface area contributed by atoms with Gasteiger partial charge >= 0.3 is 0 Å². The van der Waals surface area contributed by atoms with Gasteiger partial charge in [-0.2, -0.15) is 0 Å². The number of ether oxygens (including phenoxy) is 3. The maximum atomic E-state index is 10.6. The van der Waals surface area contributed by atoms with Gasteiger partial charge in [0.15, 0.2) is 11.5 Å². The van der Waals surface area contributed by atoms with E-state index in [1.54, 1.807) is 26.4 Å². The average molecular weight is 368 g/mol. The number of aliphatic hydroxyl groups is 1. The Labute approximate surface area is 158 Å². The van der Waals surface area contributed by atoms with Gasteiger partial charge in [0.25, 0.3) is 0 Å². The van der Waals surface area contributed by atoms with Crippen LogP contribution in [0.1, 0.15) is 24.6 Å². The molecule has 4 rings (SSSR count). The Bertz CT molecular complexity index is 911. The van der Waals surface area contributed by atoms with Crippen LogP contribution in [0.5, 0.6) is 17.2 Å². The van der Waals surface area contributed by atoms with Crippen LogP contribution < -0.4 is 14.2 Å². The number of aliphatic hydroxyl groups excluding tert-OH is 1. The standard InChI is InChI=1S/C21H24N2O4/c1-25-18-8-5-9-19(26-2)20(18)27-13-15(24)12-23-17-7-4-3-6-16(17)22-21(23)14-10-11-14/h3-9,14-15,24H,10-13H2,1-2H3. The first-order chi connectivity index (χ1) is 13.2. The van der Waals surface area contributed by atoms with Crippen molar-refractivity contribution in [2.45, 2.75) is 31.4 Å². The molecule has 142 valence electrons. The van der Waals surface area contributed by atoms with E-state index >= 15 is 0 Å². The Morgan fingerprint density at radius 1 is 1.07 bits per heavy atom. The topological polar surface area (TPSA) is 65.7 Å². The average Bonchev–Trinajstić information content (AvgIpc) is 3.48. The number of para-hydroxylation sites is 3. The predicted molar refractivity (Wildman–Crippen MR) is 103 cm³/mol. The summed E-state index contributed by atoms with van der Waals surface area (Å²) >= 11 is 0. The van der Waals surface area contributed by atoms with E-state index in [-0.39, 0.29) is 6.61 Å². The molecule has 1 saturated carbocycles. The maximum absolute atomic E-state index is 10.6. The number of fused-ring (bicyclic) bond motifs is 1. The Hall–Kier alpha value is -2.73. The van der Waals surface area contributed by atoms with Crippen LogP contribution in [-0.4, -0.2) is 41.6 Å². The zero-order valence-electron chi connectivity index (χ0n) is 15.6. The molecule has 6 nitrogen and oxygen atoms in total. The van der Waals surface area contributed by atoms with Gasteiger partial charge in [-0.05, 0) is 37.1 Å². The van der Waals surface area contributed by atoms with Gasteiger partial charge in [0.05, 0.1) is 31.8 Å². The SMILES string of the molecule is COc1cccc(OC)c1OCC(O)Cn1c(C2CC2)nc2ccccc21. The zero-order valence-corrected chi connectivity index (χ0v) is 15.6. The monoisotopic (exact) mass is 368 g/mol. The fraction of sp³-hybridized carbons (Fsp3) is 0.381. The molecule has 0 amide bonds. The van der Waals surface area contributed by atoms with E-state index in [0.29, 0.717) is 29.7 Å². The molecular weight excluding hydrogens is 344 g/mol. The molecule has 0 radical (unpaired) electrons. The van der Waals surface area contributed by atoms with E-state index in [1.165, 1.54) is 0 Å². The van der Waals surface area contributed by atoms with Gasteiger partial charge in [0.2, 0.25) is 5.75 Å². The van der Waals surface area contributed by atoms with Crippen LogP contribution in [0, 0.1) is 0 Å². The number of methoxy groups -OCH3 is 2. The summed E-state index contributed by atoms with van der Waals surface area (Å²) in [5, 5.41) is 10.6. The molecule has 1 unspecified atom stereocenters. The fourth-order valence-electron chi connectivity index (χ4n) is 3.34. The number of nitrogens with zero attached hydrogens (tertiary/aromatic N) is 2. The van der Waals surface area contributed by atoms with Crippen molar-refractivity contribution in [1.29, 1.82) is 0 Å². The summed E-state index contributed by atoms with van der Waals surface area (Å²) in [6.07, 6.45) is 1.64. The summed E-state index contributed by atoms with van der Waals surface area (Å²) in [6.45, 7) is 0.567. The normalized spacial score (nSPS) is 14.9. The van der Waals surface area contributed by atoms with E-state index < -0.39 is 6.10 Å². The van der Waals surface area contributed by atoms with Crippen molar-refractivity contribution in [2.24, 2.45) is 0 Å². The minimum atomic E-state index is -0.685. The summed E-state index contributed by atoms with van der Waals surface area (Å²) in [7, 11) is 3.16. The van der Waals surface area contributed by atoms with Crippen LogP contribution in [0.15, 0.2) is 42.5 Å². The van der Waals surface area contributed by atoms with Crippen LogP contribution in [0.2, 0.25) is 0 Å². The fourth-order valence-corrected chi connectivity index (χ4v) is 3.34. The smallest absolute Gasteiger partial charge is 0.203 e. The molecule has 0 aliphatic heterocycles. The second-order valence-electron chi connectivity index (χ2n) is 6.80. The van der Waals surface area contributed by atoms with Gasteiger partial charge in [0, 0.05) is 5.92 Å². The largest absolute Gasteiger partial charge is 0.493 e. The van der Waals surface area contributed by atoms with Crippen molar-refractivity contribution in [1.82, 2.24) is 9.55 Å². The summed E-state index contributed by atoms with van der Waals surface area (Å²) in [5.41, 5.74) is 2.02. The number of aromatic nitrogens is 2. The number of hydrogen-bond acceptors (Lipinski definition) is 5. The summed E-state index contributed by atoms with van der Waals surface area (Å²) in [6, 6.07) is 13.5. The van der Waals surface area contributed by atoms with E-state index in [9.17, 15) is 5.11 Å². The molecule has 0 saturated heterocycles.